The number of aliphatic imine (C=N–C) groups is 1. The predicted octanol–water partition coefficient (Wildman–Crippen LogP) is 1.62. The molecule has 0 spiro atoms. The fraction of sp³-hybridized carbons (Fsp3) is 0.467. The first-order chi connectivity index (χ1) is 9.20. The maximum atomic E-state index is 10.8. The van der Waals surface area contributed by atoms with E-state index in [1.54, 1.807) is 0 Å². The summed E-state index contributed by atoms with van der Waals surface area (Å²) in [4.78, 5) is 19.6. The Kier molecular flexibility index (Phi) is 4.55. The zero-order valence-corrected chi connectivity index (χ0v) is 11.6. The monoisotopic (exact) mass is 259 g/mol. The van der Waals surface area contributed by atoms with Crippen LogP contribution in [0, 0.1) is 0 Å². The molecule has 1 aliphatic heterocycles. The fourth-order valence-electron chi connectivity index (χ4n) is 2.21. The summed E-state index contributed by atoms with van der Waals surface area (Å²) in [5.41, 5.74) is 1.15. The van der Waals surface area contributed by atoms with E-state index in [0.29, 0.717) is 0 Å². The van der Waals surface area contributed by atoms with Crippen LogP contribution in [0.1, 0.15) is 19.4 Å². The molecule has 1 aliphatic rings. The van der Waals surface area contributed by atoms with Gasteiger partial charge in [-0.25, -0.2) is 0 Å². The van der Waals surface area contributed by atoms with Crippen LogP contribution in [0.2, 0.25) is 0 Å². The van der Waals surface area contributed by atoms with Crippen molar-refractivity contribution >= 4 is 12.2 Å². The summed E-state index contributed by atoms with van der Waals surface area (Å²) in [5, 5.41) is 0. The van der Waals surface area contributed by atoms with Crippen molar-refractivity contribution in [2.24, 2.45) is 4.99 Å². The Morgan fingerprint density at radius 1 is 1.16 bits per heavy atom. The Labute approximate surface area is 114 Å². The number of amidine groups is 1. The molecule has 0 radical (unpaired) electrons. The highest BCUT2D eigenvalue weighted by Gasteiger charge is 2.19. The summed E-state index contributed by atoms with van der Waals surface area (Å²) >= 11 is 0. The second kappa shape index (κ2) is 6.36. The molecule has 0 saturated carbocycles. The van der Waals surface area contributed by atoms with Crippen molar-refractivity contribution in [1.29, 1.82) is 0 Å². The summed E-state index contributed by atoms with van der Waals surface area (Å²) in [6, 6.07) is 10.5. The molecular weight excluding hydrogens is 238 g/mol. The Morgan fingerprint density at radius 2 is 1.79 bits per heavy atom. The number of piperazine rings is 1. The molecule has 0 unspecified atom stereocenters. The maximum Gasteiger partial charge on any atom is 0.209 e. The van der Waals surface area contributed by atoms with Gasteiger partial charge in [-0.3, -0.25) is 9.79 Å². The lowest BCUT2D eigenvalue weighted by Gasteiger charge is -2.35. The average Bonchev–Trinajstić information content (AvgIpc) is 2.46. The lowest BCUT2D eigenvalue weighted by Crippen LogP contribution is -2.48. The zero-order valence-electron chi connectivity index (χ0n) is 11.6. The molecule has 4 heteroatoms. The Balaban J connectivity index is 2.18. The largest absolute Gasteiger partial charge is 0.353 e. The van der Waals surface area contributed by atoms with E-state index in [9.17, 15) is 4.79 Å². The Morgan fingerprint density at radius 3 is 2.32 bits per heavy atom. The summed E-state index contributed by atoms with van der Waals surface area (Å²) < 4.78 is 0. The van der Waals surface area contributed by atoms with Crippen LogP contribution in [0.25, 0.3) is 0 Å². The molecule has 0 bridgehead atoms. The second-order valence-corrected chi connectivity index (χ2v) is 5.04. The highest BCUT2D eigenvalue weighted by Crippen LogP contribution is 2.10. The van der Waals surface area contributed by atoms with E-state index in [1.165, 1.54) is 0 Å². The minimum absolute atomic E-state index is 0.263. The third kappa shape index (κ3) is 3.56. The van der Waals surface area contributed by atoms with Crippen LogP contribution >= 0.6 is 0 Å². The predicted molar refractivity (Wildman–Crippen MR) is 77.3 cm³/mol. The molecule has 0 atom stereocenters. The van der Waals surface area contributed by atoms with Crippen LogP contribution in [-0.4, -0.2) is 54.3 Å². The van der Waals surface area contributed by atoms with Crippen LogP contribution in [0.4, 0.5) is 0 Å². The minimum atomic E-state index is 0.263. The lowest BCUT2D eigenvalue weighted by atomic mass is 10.1. The van der Waals surface area contributed by atoms with E-state index >= 15 is 0 Å². The molecule has 1 fully saturated rings. The highest BCUT2D eigenvalue weighted by molar-refractivity contribution is 5.99. The van der Waals surface area contributed by atoms with Crippen molar-refractivity contribution < 1.29 is 4.79 Å². The first-order valence-corrected chi connectivity index (χ1v) is 6.78. The Bertz CT molecular complexity index is 434. The van der Waals surface area contributed by atoms with Gasteiger partial charge in [0, 0.05) is 37.8 Å². The Hall–Kier alpha value is -1.84. The highest BCUT2D eigenvalue weighted by atomic mass is 16.1. The van der Waals surface area contributed by atoms with Crippen LogP contribution in [0.3, 0.4) is 0 Å². The first kappa shape index (κ1) is 13.6. The molecule has 0 N–H and O–H groups in total. The zero-order chi connectivity index (χ0) is 13.7. The van der Waals surface area contributed by atoms with E-state index in [1.807, 2.05) is 23.1 Å². The van der Waals surface area contributed by atoms with Gasteiger partial charge in [-0.2, -0.15) is 0 Å². The van der Waals surface area contributed by atoms with Gasteiger partial charge in [0.2, 0.25) is 6.41 Å². The maximum absolute atomic E-state index is 10.8. The molecule has 1 saturated heterocycles. The standard InChI is InChI=1S/C15H21N3O/c1-13(2)16-15(14-6-4-3-5-7-14)18-10-8-17(12-19)9-11-18/h3-7,12-13H,8-11H2,1-2H3/b16-15+. The van der Waals surface area contributed by atoms with Crippen LogP contribution in [0.15, 0.2) is 35.3 Å². The molecule has 1 aromatic rings. The van der Waals surface area contributed by atoms with Gasteiger partial charge in [-0.15, -0.1) is 0 Å². The van der Waals surface area contributed by atoms with Crippen molar-refractivity contribution in [3.05, 3.63) is 35.9 Å². The molecule has 1 heterocycles. The topological polar surface area (TPSA) is 35.9 Å². The van der Waals surface area contributed by atoms with E-state index in [-0.39, 0.29) is 6.04 Å². The summed E-state index contributed by atoms with van der Waals surface area (Å²) in [6.45, 7) is 7.41. The summed E-state index contributed by atoms with van der Waals surface area (Å²) in [7, 11) is 0. The molecule has 1 aromatic carbocycles. The smallest absolute Gasteiger partial charge is 0.209 e. The number of hydrogen-bond acceptors (Lipinski definition) is 2. The van der Waals surface area contributed by atoms with Crippen molar-refractivity contribution in [2.45, 2.75) is 19.9 Å². The second-order valence-electron chi connectivity index (χ2n) is 5.04. The average molecular weight is 259 g/mol. The third-order valence-corrected chi connectivity index (χ3v) is 3.18. The van der Waals surface area contributed by atoms with Crippen molar-refractivity contribution in [3.63, 3.8) is 0 Å². The molecule has 102 valence electrons. The number of nitrogens with zero attached hydrogens (tertiary/aromatic N) is 3. The first-order valence-electron chi connectivity index (χ1n) is 6.78. The number of amides is 1. The van der Waals surface area contributed by atoms with Crippen LogP contribution in [-0.2, 0) is 4.79 Å². The molecule has 0 aliphatic carbocycles. The third-order valence-electron chi connectivity index (χ3n) is 3.18. The van der Waals surface area contributed by atoms with Crippen molar-refractivity contribution in [2.75, 3.05) is 26.2 Å². The summed E-state index contributed by atoms with van der Waals surface area (Å²) in [6.07, 6.45) is 0.930. The van der Waals surface area contributed by atoms with Gasteiger partial charge in [0.15, 0.2) is 0 Å². The SMILES string of the molecule is CC(C)/N=C(\c1ccccc1)N1CCN(C=O)CC1. The molecule has 1 amide bonds. The van der Waals surface area contributed by atoms with E-state index in [0.717, 1.165) is 44.0 Å². The molecule has 19 heavy (non-hydrogen) atoms. The van der Waals surface area contributed by atoms with Gasteiger partial charge >= 0.3 is 0 Å². The number of rotatable bonds is 3. The fourth-order valence-corrected chi connectivity index (χ4v) is 2.21. The van der Waals surface area contributed by atoms with Gasteiger partial charge in [0.1, 0.15) is 5.84 Å². The van der Waals surface area contributed by atoms with Gasteiger partial charge < -0.3 is 9.80 Å². The van der Waals surface area contributed by atoms with Crippen molar-refractivity contribution in [1.82, 2.24) is 9.80 Å². The molecule has 0 aromatic heterocycles. The lowest BCUT2D eigenvalue weighted by molar-refractivity contribution is -0.119. The number of benzene rings is 1. The van der Waals surface area contributed by atoms with Gasteiger partial charge in [-0.1, -0.05) is 30.3 Å². The normalized spacial score (nSPS) is 16.9. The van der Waals surface area contributed by atoms with Crippen LogP contribution < -0.4 is 0 Å². The van der Waals surface area contributed by atoms with E-state index in [4.69, 9.17) is 4.99 Å². The summed E-state index contributed by atoms with van der Waals surface area (Å²) in [5.74, 6) is 1.04. The van der Waals surface area contributed by atoms with Gasteiger partial charge in [0.25, 0.3) is 0 Å². The molecular formula is C15H21N3O. The van der Waals surface area contributed by atoms with E-state index in [2.05, 4.69) is 30.9 Å². The van der Waals surface area contributed by atoms with Gasteiger partial charge in [0.05, 0.1) is 0 Å². The van der Waals surface area contributed by atoms with Crippen molar-refractivity contribution in [3.8, 4) is 0 Å². The van der Waals surface area contributed by atoms with Gasteiger partial charge in [-0.05, 0) is 13.8 Å². The molecule has 2 rings (SSSR count). The molecule has 4 nitrogen and oxygen atoms in total. The minimum Gasteiger partial charge on any atom is -0.353 e. The van der Waals surface area contributed by atoms with Crippen LogP contribution in [0.5, 0.6) is 0 Å². The number of carbonyl (C=O) groups is 1. The van der Waals surface area contributed by atoms with E-state index < -0.39 is 0 Å². The number of carbonyl (C=O) groups excluding carboxylic acids is 1. The quantitative estimate of drug-likeness (QED) is 0.470. The number of hydrogen-bond donors (Lipinski definition) is 0.